The lowest BCUT2D eigenvalue weighted by Gasteiger charge is -2.25. The van der Waals surface area contributed by atoms with Gasteiger partial charge in [0.2, 0.25) is 5.91 Å². The van der Waals surface area contributed by atoms with Crippen molar-refractivity contribution in [2.24, 2.45) is 5.92 Å². The van der Waals surface area contributed by atoms with Crippen LogP contribution in [0.15, 0.2) is 18.2 Å². The Labute approximate surface area is 131 Å². The van der Waals surface area contributed by atoms with Crippen LogP contribution in [-0.4, -0.2) is 32.7 Å². The molecule has 0 saturated carbocycles. The van der Waals surface area contributed by atoms with Crippen LogP contribution in [0.25, 0.3) is 0 Å². The van der Waals surface area contributed by atoms with E-state index in [9.17, 15) is 4.79 Å². The van der Waals surface area contributed by atoms with E-state index in [0.717, 1.165) is 17.1 Å². The molecule has 0 bridgehead atoms. The molecule has 1 amide bonds. The summed E-state index contributed by atoms with van der Waals surface area (Å²) in [5.41, 5.74) is 1.04. The van der Waals surface area contributed by atoms with Crippen molar-refractivity contribution in [2.45, 2.75) is 19.9 Å². The molecule has 1 heterocycles. The summed E-state index contributed by atoms with van der Waals surface area (Å²) in [4.78, 5) is 11.8. The third kappa shape index (κ3) is 4.51. The maximum Gasteiger partial charge on any atom is 0.234 e. The molecule has 5 nitrogen and oxygen atoms in total. The molecule has 0 aliphatic carbocycles. The predicted molar refractivity (Wildman–Crippen MR) is 84.3 cm³/mol. The number of amides is 1. The van der Waals surface area contributed by atoms with Gasteiger partial charge in [0.05, 0.1) is 12.6 Å². The van der Waals surface area contributed by atoms with Crippen LogP contribution in [0.2, 0.25) is 0 Å². The van der Waals surface area contributed by atoms with E-state index in [-0.39, 0.29) is 24.4 Å². The van der Waals surface area contributed by atoms with E-state index >= 15 is 0 Å². The molecule has 1 aromatic rings. The lowest BCUT2D eigenvalue weighted by molar-refractivity contribution is -0.121. The minimum atomic E-state index is -0.0355. The Morgan fingerprint density at radius 2 is 1.90 bits per heavy atom. The Morgan fingerprint density at radius 1 is 1.24 bits per heavy atom. The molecule has 1 aromatic carbocycles. The van der Waals surface area contributed by atoms with Gasteiger partial charge in [0.1, 0.15) is 13.2 Å². The molecule has 21 heavy (non-hydrogen) atoms. The number of ether oxygens (including phenoxy) is 2. The number of hydrogen-bond acceptors (Lipinski definition) is 4. The van der Waals surface area contributed by atoms with E-state index in [2.05, 4.69) is 24.5 Å². The molecule has 1 aliphatic heterocycles. The van der Waals surface area contributed by atoms with Gasteiger partial charge < -0.3 is 20.1 Å². The number of fused-ring (bicyclic) bond motifs is 1. The number of nitrogens with one attached hydrogen (secondary N) is 2. The Kier molecular flexibility index (Phi) is 6.78. The Morgan fingerprint density at radius 3 is 2.52 bits per heavy atom. The van der Waals surface area contributed by atoms with Crippen molar-refractivity contribution in [2.75, 3.05) is 26.8 Å². The zero-order chi connectivity index (χ0) is 14.5. The quantitative estimate of drug-likeness (QED) is 0.871. The zero-order valence-electron chi connectivity index (χ0n) is 12.6. The topological polar surface area (TPSA) is 59.6 Å². The molecule has 2 rings (SSSR count). The average molecular weight is 315 g/mol. The van der Waals surface area contributed by atoms with Gasteiger partial charge >= 0.3 is 0 Å². The van der Waals surface area contributed by atoms with Crippen LogP contribution in [-0.2, 0) is 4.79 Å². The summed E-state index contributed by atoms with van der Waals surface area (Å²) < 4.78 is 11.1. The molecule has 0 spiro atoms. The number of carbonyl (C=O) groups excluding carboxylic acids is 1. The highest BCUT2D eigenvalue weighted by atomic mass is 35.5. The van der Waals surface area contributed by atoms with E-state index in [1.807, 2.05) is 18.2 Å². The van der Waals surface area contributed by atoms with E-state index in [4.69, 9.17) is 9.47 Å². The summed E-state index contributed by atoms with van der Waals surface area (Å²) in [6.45, 7) is 5.63. The second-order valence-electron chi connectivity index (χ2n) is 5.22. The first-order valence-electron chi connectivity index (χ1n) is 6.95. The normalized spacial score (nSPS) is 14.3. The van der Waals surface area contributed by atoms with E-state index in [1.54, 1.807) is 7.05 Å². The van der Waals surface area contributed by atoms with Gasteiger partial charge in [-0.1, -0.05) is 19.9 Å². The molecule has 6 heteroatoms. The van der Waals surface area contributed by atoms with Gasteiger partial charge in [-0.05, 0) is 30.7 Å². The van der Waals surface area contributed by atoms with Crippen molar-refractivity contribution in [1.82, 2.24) is 10.6 Å². The predicted octanol–water partition coefficient (Wildman–Crippen LogP) is 1.91. The van der Waals surface area contributed by atoms with Crippen molar-refractivity contribution < 1.29 is 14.3 Å². The second-order valence-corrected chi connectivity index (χ2v) is 5.22. The third-order valence-electron chi connectivity index (χ3n) is 3.25. The summed E-state index contributed by atoms with van der Waals surface area (Å²) in [6, 6.07) is 5.81. The summed E-state index contributed by atoms with van der Waals surface area (Å²) in [6.07, 6.45) is 0. The monoisotopic (exact) mass is 314 g/mol. The molecular weight excluding hydrogens is 292 g/mol. The SMILES string of the molecule is CNCC(=O)NC(c1ccc2c(c1)OCCO2)C(C)C.Cl. The maximum absolute atomic E-state index is 11.8. The number of hydrogen-bond donors (Lipinski definition) is 2. The van der Waals surface area contributed by atoms with Gasteiger partial charge in [-0.3, -0.25) is 4.79 Å². The summed E-state index contributed by atoms with van der Waals surface area (Å²) in [5.74, 6) is 1.80. The number of likely N-dealkylation sites (N-methyl/N-ethyl adjacent to an activating group) is 1. The standard InChI is InChI=1S/C15H22N2O3.ClH/c1-10(2)15(17-14(18)9-16-3)11-4-5-12-13(8-11)20-7-6-19-12;/h4-5,8,10,15-16H,6-7,9H2,1-3H3,(H,17,18);1H. The van der Waals surface area contributed by atoms with Gasteiger partial charge in [0.25, 0.3) is 0 Å². The van der Waals surface area contributed by atoms with Crippen LogP contribution in [0.1, 0.15) is 25.5 Å². The fraction of sp³-hybridized carbons (Fsp3) is 0.533. The first-order valence-corrected chi connectivity index (χ1v) is 6.95. The fourth-order valence-electron chi connectivity index (χ4n) is 2.27. The lowest BCUT2D eigenvalue weighted by Crippen LogP contribution is -2.37. The van der Waals surface area contributed by atoms with Gasteiger partial charge in [-0.2, -0.15) is 0 Å². The van der Waals surface area contributed by atoms with Crippen LogP contribution in [0.4, 0.5) is 0 Å². The first kappa shape index (κ1) is 17.6. The molecule has 0 aromatic heterocycles. The Balaban J connectivity index is 0.00000220. The van der Waals surface area contributed by atoms with Crippen LogP contribution in [0.5, 0.6) is 11.5 Å². The minimum Gasteiger partial charge on any atom is -0.486 e. The zero-order valence-corrected chi connectivity index (χ0v) is 13.5. The molecule has 1 unspecified atom stereocenters. The highest BCUT2D eigenvalue weighted by molar-refractivity contribution is 5.85. The molecule has 2 N–H and O–H groups in total. The van der Waals surface area contributed by atoms with Crippen molar-refractivity contribution in [1.29, 1.82) is 0 Å². The van der Waals surface area contributed by atoms with Crippen LogP contribution in [0, 0.1) is 5.92 Å². The Hall–Kier alpha value is -1.46. The molecule has 1 aliphatic rings. The highest BCUT2D eigenvalue weighted by Crippen LogP contribution is 2.34. The summed E-state index contributed by atoms with van der Waals surface area (Å²) in [7, 11) is 1.76. The first-order chi connectivity index (χ1) is 9.61. The molecule has 0 saturated heterocycles. The number of rotatable bonds is 5. The highest BCUT2D eigenvalue weighted by Gasteiger charge is 2.21. The van der Waals surface area contributed by atoms with Crippen LogP contribution < -0.4 is 20.1 Å². The maximum atomic E-state index is 11.8. The van der Waals surface area contributed by atoms with E-state index in [1.165, 1.54) is 0 Å². The largest absolute Gasteiger partial charge is 0.486 e. The second kappa shape index (κ2) is 8.10. The lowest BCUT2D eigenvalue weighted by atomic mass is 9.95. The Bertz CT molecular complexity index is 480. The molecular formula is C15H23ClN2O3. The van der Waals surface area contributed by atoms with Gasteiger partial charge in [-0.25, -0.2) is 0 Å². The third-order valence-corrected chi connectivity index (χ3v) is 3.25. The number of benzene rings is 1. The average Bonchev–Trinajstić information content (AvgIpc) is 2.44. The summed E-state index contributed by atoms with van der Waals surface area (Å²) in [5, 5.41) is 5.90. The van der Waals surface area contributed by atoms with E-state index in [0.29, 0.717) is 25.7 Å². The van der Waals surface area contributed by atoms with Crippen molar-refractivity contribution in [3.8, 4) is 11.5 Å². The fourth-order valence-corrected chi connectivity index (χ4v) is 2.27. The minimum absolute atomic E-state index is 0. The number of carbonyl (C=O) groups is 1. The molecule has 1 atom stereocenters. The van der Waals surface area contributed by atoms with Crippen LogP contribution in [0.3, 0.4) is 0 Å². The molecule has 0 radical (unpaired) electrons. The summed E-state index contributed by atoms with van der Waals surface area (Å²) >= 11 is 0. The molecule has 118 valence electrons. The molecule has 0 fully saturated rings. The number of halogens is 1. The smallest absolute Gasteiger partial charge is 0.234 e. The van der Waals surface area contributed by atoms with Crippen molar-refractivity contribution in [3.05, 3.63) is 23.8 Å². The van der Waals surface area contributed by atoms with E-state index < -0.39 is 0 Å². The van der Waals surface area contributed by atoms with Crippen molar-refractivity contribution in [3.63, 3.8) is 0 Å². The van der Waals surface area contributed by atoms with Crippen LogP contribution >= 0.6 is 12.4 Å². The van der Waals surface area contributed by atoms with Crippen molar-refractivity contribution >= 4 is 18.3 Å². The van der Waals surface area contributed by atoms with Gasteiger partial charge in [0, 0.05) is 0 Å². The van der Waals surface area contributed by atoms with Gasteiger partial charge in [0.15, 0.2) is 11.5 Å². The van der Waals surface area contributed by atoms with Gasteiger partial charge in [-0.15, -0.1) is 12.4 Å².